The van der Waals surface area contributed by atoms with Crippen molar-refractivity contribution in [2.24, 2.45) is 0 Å². The van der Waals surface area contributed by atoms with Gasteiger partial charge in [-0.1, -0.05) is 17.7 Å². The molecule has 3 heterocycles. The van der Waals surface area contributed by atoms with Crippen molar-refractivity contribution in [3.63, 3.8) is 0 Å². The van der Waals surface area contributed by atoms with Gasteiger partial charge in [0.05, 0.1) is 4.34 Å². The molecule has 0 unspecified atom stereocenters. The smallest absolute Gasteiger partial charge is 0.222 e. The van der Waals surface area contributed by atoms with Crippen molar-refractivity contribution in [1.29, 1.82) is 0 Å². The first-order valence-electron chi connectivity index (χ1n) is 7.97. The Morgan fingerprint density at radius 2 is 1.96 bits per heavy atom. The summed E-state index contributed by atoms with van der Waals surface area (Å²) >= 11 is 9.39. The summed E-state index contributed by atoms with van der Waals surface area (Å²) in [5, 5.41) is 2.09. The average Bonchev–Trinajstić information content (AvgIpc) is 3.20. The Kier molecular flexibility index (Phi) is 6.11. The number of piperazine rings is 1. The molecular formula is C17H21ClN2OS2. The molecule has 3 rings (SSSR count). The lowest BCUT2D eigenvalue weighted by atomic mass is 10.2. The summed E-state index contributed by atoms with van der Waals surface area (Å²) in [5.41, 5.74) is 0. The molecular weight excluding hydrogens is 348 g/mol. The van der Waals surface area contributed by atoms with E-state index in [0.29, 0.717) is 12.3 Å². The molecule has 2 aromatic rings. The molecule has 3 nitrogen and oxygen atoms in total. The van der Waals surface area contributed by atoms with Crippen LogP contribution >= 0.6 is 34.3 Å². The second kappa shape index (κ2) is 8.29. The Morgan fingerprint density at radius 1 is 1.13 bits per heavy atom. The highest BCUT2D eigenvalue weighted by Crippen LogP contribution is 2.23. The minimum atomic E-state index is 0.306. The third-order valence-electron chi connectivity index (χ3n) is 4.13. The van der Waals surface area contributed by atoms with Gasteiger partial charge in [-0.05, 0) is 36.4 Å². The predicted octanol–water partition coefficient (Wildman–Crippen LogP) is 4.13. The SMILES string of the molecule is O=C(CCCc1cccs1)N1CCN(Cc2ccc(Cl)s2)CC1. The maximum absolute atomic E-state index is 12.3. The molecule has 1 amide bonds. The van der Waals surface area contributed by atoms with Gasteiger partial charge in [-0.25, -0.2) is 0 Å². The first-order chi connectivity index (χ1) is 11.2. The van der Waals surface area contributed by atoms with Gasteiger partial charge in [-0.3, -0.25) is 9.69 Å². The zero-order valence-corrected chi connectivity index (χ0v) is 15.4. The number of rotatable bonds is 6. The van der Waals surface area contributed by atoms with Crippen molar-refractivity contribution < 1.29 is 4.79 Å². The van der Waals surface area contributed by atoms with Crippen molar-refractivity contribution in [2.45, 2.75) is 25.8 Å². The van der Waals surface area contributed by atoms with Crippen LogP contribution in [-0.4, -0.2) is 41.9 Å². The fraction of sp³-hybridized carbons (Fsp3) is 0.471. The number of hydrogen-bond donors (Lipinski definition) is 0. The van der Waals surface area contributed by atoms with E-state index in [0.717, 1.165) is 49.9 Å². The normalized spacial score (nSPS) is 16.0. The molecule has 0 saturated carbocycles. The third-order valence-corrected chi connectivity index (χ3v) is 6.28. The van der Waals surface area contributed by atoms with Crippen LogP contribution in [0.4, 0.5) is 0 Å². The van der Waals surface area contributed by atoms with Gasteiger partial charge in [-0.2, -0.15) is 0 Å². The van der Waals surface area contributed by atoms with Gasteiger partial charge in [-0.15, -0.1) is 22.7 Å². The van der Waals surface area contributed by atoms with E-state index in [9.17, 15) is 4.79 Å². The molecule has 0 N–H and O–H groups in total. The molecule has 0 spiro atoms. The maximum atomic E-state index is 12.3. The Labute approximate surface area is 150 Å². The molecule has 1 saturated heterocycles. The van der Waals surface area contributed by atoms with Crippen molar-refractivity contribution in [3.8, 4) is 0 Å². The first kappa shape index (κ1) is 17.0. The zero-order chi connectivity index (χ0) is 16.1. The summed E-state index contributed by atoms with van der Waals surface area (Å²) in [6.45, 7) is 4.53. The molecule has 0 radical (unpaired) electrons. The molecule has 6 heteroatoms. The highest BCUT2D eigenvalue weighted by molar-refractivity contribution is 7.16. The Bertz CT molecular complexity index is 618. The second-order valence-corrected chi connectivity index (χ2v) is 8.63. The van der Waals surface area contributed by atoms with Gasteiger partial charge < -0.3 is 4.90 Å². The van der Waals surface area contributed by atoms with E-state index in [1.807, 2.05) is 11.0 Å². The van der Waals surface area contributed by atoms with Crippen molar-refractivity contribution in [3.05, 3.63) is 43.7 Å². The van der Waals surface area contributed by atoms with Gasteiger partial charge in [0, 0.05) is 48.9 Å². The Balaban J connectivity index is 1.37. The molecule has 1 aliphatic rings. The lowest BCUT2D eigenvalue weighted by molar-refractivity contribution is -0.133. The molecule has 0 bridgehead atoms. The number of carbonyl (C=O) groups excluding carboxylic acids is 1. The van der Waals surface area contributed by atoms with E-state index in [-0.39, 0.29) is 0 Å². The van der Waals surface area contributed by atoms with Gasteiger partial charge in [0.15, 0.2) is 0 Å². The van der Waals surface area contributed by atoms with Crippen molar-refractivity contribution >= 4 is 40.2 Å². The topological polar surface area (TPSA) is 23.6 Å². The predicted molar refractivity (Wildman–Crippen MR) is 98.4 cm³/mol. The molecule has 0 aromatic carbocycles. The van der Waals surface area contributed by atoms with E-state index >= 15 is 0 Å². The lowest BCUT2D eigenvalue weighted by Gasteiger charge is -2.34. The summed E-state index contributed by atoms with van der Waals surface area (Å²) in [6, 6.07) is 8.26. The highest BCUT2D eigenvalue weighted by atomic mass is 35.5. The summed E-state index contributed by atoms with van der Waals surface area (Å²) in [6.07, 6.45) is 2.63. The van der Waals surface area contributed by atoms with Crippen LogP contribution in [0.5, 0.6) is 0 Å². The van der Waals surface area contributed by atoms with Crippen LogP contribution in [0.15, 0.2) is 29.6 Å². The Hall–Kier alpha value is -0.880. The molecule has 0 aliphatic carbocycles. The van der Waals surface area contributed by atoms with Gasteiger partial charge in [0.2, 0.25) is 5.91 Å². The largest absolute Gasteiger partial charge is 0.340 e. The molecule has 1 fully saturated rings. The van der Waals surface area contributed by atoms with Gasteiger partial charge in [0.1, 0.15) is 0 Å². The maximum Gasteiger partial charge on any atom is 0.222 e. The number of carbonyl (C=O) groups is 1. The molecule has 124 valence electrons. The van der Waals surface area contributed by atoms with E-state index in [4.69, 9.17) is 11.6 Å². The number of aryl methyl sites for hydroxylation is 1. The highest BCUT2D eigenvalue weighted by Gasteiger charge is 2.21. The molecule has 0 atom stereocenters. The number of nitrogens with zero attached hydrogens (tertiary/aromatic N) is 2. The Morgan fingerprint density at radius 3 is 2.61 bits per heavy atom. The van der Waals surface area contributed by atoms with Crippen LogP contribution in [-0.2, 0) is 17.8 Å². The van der Waals surface area contributed by atoms with Crippen LogP contribution in [0.3, 0.4) is 0 Å². The zero-order valence-electron chi connectivity index (χ0n) is 13.0. The molecule has 2 aromatic heterocycles. The van der Waals surface area contributed by atoms with E-state index in [1.165, 1.54) is 9.75 Å². The van der Waals surface area contributed by atoms with Crippen molar-refractivity contribution in [2.75, 3.05) is 26.2 Å². The number of hydrogen-bond acceptors (Lipinski definition) is 4. The van der Waals surface area contributed by atoms with Crippen LogP contribution in [0.25, 0.3) is 0 Å². The quantitative estimate of drug-likeness (QED) is 0.765. The summed E-state index contributed by atoms with van der Waals surface area (Å²) < 4.78 is 0.847. The van der Waals surface area contributed by atoms with E-state index < -0.39 is 0 Å². The second-order valence-electron chi connectivity index (χ2n) is 5.80. The van der Waals surface area contributed by atoms with Crippen LogP contribution in [0.2, 0.25) is 4.34 Å². The number of thiophene rings is 2. The van der Waals surface area contributed by atoms with Crippen molar-refractivity contribution in [1.82, 2.24) is 9.80 Å². The van der Waals surface area contributed by atoms with Gasteiger partial charge >= 0.3 is 0 Å². The first-order valence-corrected chi connectivity index (χ1v) is 10.0. The van der Waals surface area contributed by atoms with E-state index in [2.05, 4.69) is 28.5 Å². The van der Waals surface area contributed by atoms with Crippen LogP contribution in [0.1, 0.15) is 22.6 Å². The third kappa shape index (κ3) is 5.05. The molecule has 23 heavy (non-hydrogen) atoms. The summed E-state index contributed by atoms with van der Waals surface area (Å²) in [5.74, 6) is 0.306. The monoisotopic (exact) mass is 368 g/mol. The number of amides is 1. The van der Waals surface area contributed by atoms with Crippen LogP contribution < -0.4 is 0 Å². The molecule has 1 aliphatic heterocycles. The summed E-state index contributed by atoms with van der Waals surface area (Å²) in [4.78, 5) is 19.4. The minimum absolute atomic E-state index is 0.306. The van der Waals surface area contributed by atoms with E-state index in [1.54, 1.807) is 22.7 Å². The fourth-order valence-electron chi connectivity index (χ4n) is 2.84. The minimum Gasteiger partial charge on any atom is -0.340 e. The number of halogens is 1. The lowest BCUT2D eigenvalue weighted by Crippen LogP contribution is -2.48. The summed E-state index contributed by atoms with van der Waals surface area (Å²) in [7, 11) is 0. The average molecular weight is 369 g/mol. The van der Waals surface area contributed by atoms with Crippen LogP contribution in [0, 0.1) is 0 Å². The standard InChI is InChI=1S/C17H21ClN2OS2/c18-16-7-6-15(23-16)13-19-8-10-20(11-9-19)17(21)5-1-3-14-4-2-12-22-14/h2,4,6-7,12H,1,3,5,8-11,13H2. The fourth-order valence-corrected chi connectivity index (χ4v) is 4.72. The van der Waals surface area contributed by atoms with Gasteiger partial charge in [0.25, 0.3) is 0 Å².